The van der Waals surface area contributed by atoms with Crippen molar-refractivity contribution in [1.29, 1.82) is 0 Å². The molecule has 0 bridgehead atoms. The highest BCUT2D eigenvalue weighted by Crippen LogP contribution is 2.70. The van der Waals surface area contributed by atoms with Crippen molar-refractivity contribution in [1.82, 2.24) is 0 Å². The third-order valence-corrected chi connectivity index (χ3v) is 11.2. The lowest BCUT2D eigenvalue weighted by Gasteiger charge is -2.62. The Balaban J connectivity index is 1.36. The highest BCUT2D eigenvalue weighted by Gasteiger charge is 2.63. The summed E-state index contributed by atoms with van der Waals surface area (Å²) in [5.74, 6) is 4.41. The fourth-order valence-corrected chi connectivity index (χ4v) is 9.44. The van der Waals surface area contributed by atoms with Gasteiger partial charge in [0.1, 0.15) is 5.78 Å². The van der Waals surface area contributed by atoms with Crippen molar-refractivity contribution in [3.8, 4) is 0 Å². The molecule has 0 amide bonds. The van der Waals surface area contributed by atoms with Gasteiger partial charge in [-0.05, 0) is 98.2 Å². The molecule has 5 aliphatic rings. The smallest absolute Gasteiger partial charge is 0.168 e. The van der Waals surface area contributed by atoms with Gasteiger partial charge in [0.15, 0.2) is 5.79 Å². The first-order valence-corrected chi connectivity index (χ1v) is 13.1. The van der Waals surface area contributed by atoms with E-state index in [2.05, 4.69) is 20.8 Å². The first-order valence-electron chi connectivity index (χ1n) is 13.1. The summed E-state index contributed by atoms with van der Waals surface area (Å²) in [5.41, 5.74) is 2.37. The Morgan fingerprint density at radius 1 is 1.06 bits per heavy atom. The van der Waals surface area contributed by atoms with Crippen molar-refractivity contribution in [3.63, 3.8) is 0 Å². The monoisotopic (exact) mass is 428 g/mol. The van der Waals surface area contributed by atoms with E-state index in [4.69, 9.17) is 16.1 Å². The maximum absolute atomic E-state index is 11.6. The third-order valence-electron chi connectivity index (χ3n) is 11.2. The van der Waals surface area contributed by atoms with Gasteiger partial charge in [0, 0.05) is 19.3 Å². The second-order valence-electron chi connectivity index (χ2n) is 12.6. The number of fused-ring (bicyclic) bond motifs is 5. The van der Waals surface area contributed by atoms with Crippen LogP contribution in [-0.2, 0) is 14.3 Å². The van der Waals surface area contributed by atoms with Crippen molar-refractivity contribution in [2.75, 3.05) is 13.2 Å². The highest BCUT2D eigenvalue weighted by atomic mass is 16.7. The van der Waals surface area contributed by atoms with Gasteiger partial charge in [0.25, 0.3) is 0 Å². The lowest BCUT2D eigenvalue weighted by Crippen LogP contribution is -2.56. The SMILES string of the molecule is C=C1C[C@@H]2CC3(CC[C@]2(C)[C@H]2CC[C@]4(C)[C@@H]([C@H](C)CCC(C)=O)CC[C@H]4[C@H]12)OCCO3. The zero-order valence-electron chi connectivity index (χ0n) is 20.4. The second-order valence-corrected chi connectivity index (χ2v) is 12.6. The summed E-state index contributed by atoms with van der Waals surface area (Å²) in [6.07, 6.45) is 11.8. The molecule has 4 saturated carbocycles. The second kappa shape index (κ2) is 7.69. The molecule has 0 N–H and O–H groups in total. The molecule has 1 aliphatic heterocycles. The molecular formula is C28H44O3. The lowest BCUT2D eigenvalue weighted by atomic mass is 9.43. The van der Waals surface area contributed by atoms with Gasteiger partial charge in [-0.25, -0.2) is 0 Å². The molecule has 5 fully saturated rings. The molecule has 0 aromatic rings. The summed E-state index contributed by atoms with van der Waals surface area (Å²) in [6, 6.07) is 0. The van der Waals surface area contributed by atoms with E-state index in [0.29, 0.717) is 34.4 Å². The van der Waals surface area contributed by atoms with Crippen LogP contribution < -0.4 is 0 Å². The third kappa shape index (κ3) is 3.39. The van der Waals surface area contributed by atoms with Gasteiger partial charge < -0.3 is 14.3 Å². The molecule has 31 heavy (non-hydrogen) atoms. The summed E-state index contributed by atoms with van der Waals surface area (Å²) >= 11 is 0. The van der Waals surface area contributed by atoms with Crippen molar-refractivity contribution in [2.24, 2.45) is 46.3 Å². The van der Waals surface area contributed by atoms with E-state index in [1.54, 1.807) is 6.92 Å². The number of allylic oxidation sites excluding steroid dienone is 1. The van der Waals surface area contributed by atoms with E-state index < -0.39 is 0 Å². The van der Waals surface area contributed by atoms with E-state index in [0.717, 1.165) is 56.7 Å². The van der Waals surface area contributed by atoms with Crippen LogP contribution in [0.1, 0.15) is 91.9 Å². The van der Waals surface area contributed by atoms with E-state index in [1.165, 1.54) is 44.1 Å². The van der Waals surface area contributed by atoms with Crippen LogP contribution in [0.5, 0.6) is 0 Å². The molecule has 1 heterocycles. The topological polar surface area (TPSA) is 35.5 Å². The minimum atomic E-state index is -0.287. The fraction of sp³-hybridized carbons (Fsp3) is 0.893. The maximum Gasteiger partial charge on any atom is 0.168 e. The molecule has 0 radical (unpaired) electrons. The largest absolute Gasteiger partial charge is 0.348 e. The molecule has 3 nitrogen and oxygen atoms in total. The highest BCUT2D eigenvalue weighted by molar-refractivity contribution is 5.75. The van der Waals surface area contributed by atoms with Crippen LogP contribution in [-0.4, -0.2) is 24.8 Å². The van der Waals surface area contributed by atoms with Crippen LogP contribution in [0.4, 0.5) is 0 Å². The van der Waals surface area contributed by atoms with Crippen LogP contribution >= 0.6 is 0 Å². The summed E-state index contributed by atoms with van der Waals surface area (Å²) in [6.45, 7) is 15.6. The number of carbonyl (C=O) groups excluding carboxylic acids is 1. The number of ketones is 1. The number of ether oxygens (including phenoxy) is 2. The Morgan fingerprint density at radius 2 is 1.77 bits per heavy atom. The summed E-state index contributed by atoms with van der Waals surface area (Å²) < 4.78 is 12.3. The van der Waals surface area contributed by atoms with Crippen LogP contribution in [0.25, 0.3) is 0 Å². The Kier molecular flexibility index (Phi) is 5.49. The predicted molar refractivity (Wildman–Crippen MR) is 123 cm³/mol. The molecule has 174 valence electrons. The number of rotatable bonds is 4. The van der Waals surface area contributed by atoms with Gasteiger partial charge in [-0.15, -0.1) is 0 Å². The van der Waals surface area contributed by atoms with Gasteiger partial charge in [-0.3, -0.25) is 0 Å². The van der Waals surface area contributed by atoms with Crippen LogP contribution in [0.3, 0.4) is 0 Å². The Hall–Kier alpha value is -0.670. The molecule has 8 atom stereocenters. The Morgan fingerprint density at radius 3 is 2.48 bits per heavy atom. The summed E-state index contributed by atoms with van der Waals surface area (Å²) in [7, 11) is 0. The van der Waals surface area contributed by atoms with E-state index in [9.17, 15) is 4.79 Å². The summed E-state index contributed by atoms with van der Waals surface area (Å²) in [4.78, 5) is 11.6. The molecule has 1 saturated heterocycles. The average molecular weight is 429 g/mol. The molecule has 0 aromatic carbocycles. The predicted octanol–water partition coefficient (Wildman–Crippen LogP) is 6.56. The van der Waals surface area contributed by atoms with Crippen molar-refractivity contribution < 1.29 is 14.3 Å². The van der Waals surface area contributed by atoms with Crippen molar-refractivity contribution in [2.45, 2.75) is 97.7 Å². The number of hydrogen-bond donors (Lipinski definition) is 0. The van der Waals surface area contributed by atoms with Crippen LogP contribution in [0, 0.1) is 46.3 Å². The molecular weight excluding hydrogens is 384 g/mol. The molecule has 0 unspecified atom stereocenters. The Labute approximate surface area is 189 Å². The van der Waals surface area contributed by atoms with Gasteiger partial charge in [-0.2, -0.15) is 0 Å². The van der Waals surface area contributed by atoms with E-state index >= 15 is 0 Å². The number of carbonyl (C=O) groups is 1. The van der Waals surface area contributed by atoms with Crippen molar-refractivity contribution >= 4 is 5.78 Å². The molecule has 1 spiro atoms. The van der Waals surface area contributed by atoms with E-state index in [-0.39, 0.29) is 5.79 Å². The molecule has 0 aromatic heterocycles. The number of Topliss-reactive ketones (excluding diaryl/α,β-unsaturated/α-hetero) is 1. The summed E-state index contributed by atoms with van der Waals surface area (Å²) in [5, 5.41) is 0. The Bertz CT molecular complexity index is 737. The van der Waals surface area contributed by atoms with Crippen LogP contribution in [0.15, 0.2) is 12.2 Å². The molecule has 3 heteroatoms. The first-order chi connectivity index (χ1) is 14.7. The van der Waals surface area contributed by atoms with Gasteiger partial charge in [0.05, 0.1) is 13.2 Å². The zero-order valence-corrected chi connectivity index (χ0v) is 20.4. The molecule has 5 rings (SSSR count). The van der Waals surface area contributed by atoms with E-state index in [1.807, 2.05) is 0 Å². The molecule has 4 aliphatic carbocycles. The zero-order chi connectivity index (χ0) is 22.0. The lowest BCUT2D eigenvalue weighted by molar-refractivity contribution is -0.223. The fourth-order valence-electron chi connectivity index (χ4n) is 9.44. The van der Waals surface area contributed by atoms with Crippen molar-refractivity contribution in [3.05, 3.63) is 12.2 Å². The van der Waals surface area contributed by atoms with Gasteiger partial charge in [0.2, 0.25) is 0 Å². The van der Waals surface area contributed by atoms with Crippen LogP contribution in [0.2, 0.25) is 0 Å². The minimum absolute atomic E-state index is 0.287. The quantitative estimate of drug-likeness (QED) is 0.476. The van der Waals surface area contributed by atoms with Gasteiger partial charge in [-0.1, -0.05) is 32.9 Å². The average Bonchev–Trinajstić information content (AvgIpc) is 3.32. The normalized spacial score (nSPS) is 47.0. The minimum Gasteiger partial charge on any atom is -0.348 e. The number of hydrogen-bond acceptors (Lipinski definition) is 3. The first kappa shape index (κ1) is 22.1. The standard InChI is InChI=1S/C28H44O3/c1-18(6-7-20(3)29)22-8-9-23-25-19(2)16-21-17-28(30-14-15-31-28)13-12-26(21,4)24(25)10-11-27(22,23)5/h18,21-25H,2,6-17H2,1,3-5H3/t18-,21-,22-,23+,24+,25+,26+,27-/m1/s1. The maximum atomic E-state index is 11.6. The van der Waals surface area contributed by atoms with Gasteiger partial charge >= 0.3 is 0 Å².